The summed E-state index contributed by atoms with van der Waals surface area (Å²) < 4.78 is 12.8. The standard InChI is InChI=1S/C30H31N5O6/c1-14(2)22-27-35-23(28(38)39)24(41-27)30-16-6-3-4-7-18(16)33-29(30)40-21-10-9-15(12-17(21)30)13-20(26(37)34-22)32-25(36)19-8-5-11-31-19/h3-4,6-7,9-10,12,14,19-20,22,29,31,33H,5,8,11,13H2,1-2H3,(H,32,36)(H,34,37)(H,38,39)/t19-,20-,22?,29?,30?/m0/s1. The number of carboxylic acid groups (broad SMARTS) is 1. The molecule has 2 amide bonds. The summed E-state index contributed by atoms with van der Waals surface area (Å²) in [4.78, 5) is 44.0. The van der Waals surface area contributed by atoms with Crippen LogP contribution in [0.15, 0.2) is 46.9 Å². The van der Waals surface area contributed by atoms with Gasteiger partial charge >= 0.3 is 5.97 Å². The topological polar surface area (TPSA) is 155 Å². The molecule has 1 aromatic heterocycles. The molecule has 0 saturated carbocycles. The Kier molecular flexibility index (Phi) is 5.82. The average Bonchev–Trinajstić information content (AvgIpc) is 3.73. The molecule has 11 heteroatoms. The lowest BCUT2D eigenvalue weighted by atomic mass is 9.72. The lowest BCUT2D eigenvalue weighted by Gasteiger charge is -2.28. The van der Waals surface area contributed by atoms with Crippen LogP contribution in [0.4, 0.5) is 5.69 Å². The summed E-state index contributed by atoms with van der Waals surface area (Å²) in [6.07, 6.45) is 1.16. The van der Waals surface area contributed by atoms with E-state index in [0.29, 0.717) is 17.7 Å². The van der Waals surface area contributed by atoms with Gasteiger partial charge in [-0.1, -0.05) is 44.2 Å². The number of aromatic nitrogens is 1. The van der Waals surface area contributed by atoms with Gasteiger partial charge in [-0.3, -0.25) is 9.59 Å². The number of amides is 2. The highest BCUT2D eigenvalue weighted by Crippen LogP contribution is 2.58. The maximum atomic E-state index is 13.7. The number of hydrogen-bond donors (Lipinski definition) is 5. The van der Waals surface area contributed by atoms with E-state index in [1.54, 1.807) is 0 Å². The van der Waals surface area contributed by atoms with Crippen molar-refractivity contribution in [3.8, 4) is 5.75 Å². The molecule has 0 radical (unpaired) electrons. The zero-order valence-electron chi connectivity index (χ0n) is 22.7. The Labute approximate surface area is 236 Å². The minimum atomic E-state index is -1.24. The Balaban J connectivity index is 1.44. The smallest absolute Gasteiger partial charge is 0.358 e. The number of hydrogen-bond acceptors (Lipinski definition) is 8. The fourth-order valence-corrected chi connectivity index (χ4v) is 6.63. The number of carboxylic acids is 1. The molecule has 7 rings (SSSR count). The van der Waals surface area contributed by atoms with E-state index in [1.807, 2.05) is 56.3 Å². The Hall–Kier alpha value is -4.38. The minimum absolute atomic E-state index is 0.0889. The lowest BCUT2D eigenvalue weighted by Crippen LogP contribution is -2.53. The zero-order valence-corrected chi connectivity index (χ0v) is 22.7. The van der Waals surface area contributed by atoms with Crippen molar-refractivity contribution in [2.45, 2.75) is 62.9 Å². The van der Waals surface area contributed by atoms with Crippen LogP contribution in [-0.2, 0) is 21.4 Å². The molecular weight excluding hydrogens is 526 g/mol. The van der Waals surface area contributed by atoms with E-state index in [4.69, 9.17) is 9.15 Å². The van der Waals surface area contributed by atoms with Crippen LogP contribution in [-0.4, -0.2) is 52.7 Å². The maximum absolute atomic E-state index is 13.7. The molecule has 212 valence electrons. The van der Waals surface area contributed by atoms with Crippen LogP contribution in [0.2, 0.25) is 0 Å². The SMILES string of the molecule is CC(C)C1NC(=O)[C@@H](NC(=O)[C@@H]2CCCN2)Cc2ccc3c(c2)C2(c4ccccc4NC2O3)c2oc1nc2C(=O)O. The highest BCUT2D eigenvalue weighted by Gasteiger charge is 2.61. The molecule has 4 bridgehead atoms. The second-order valence-corrected chi connectivity index (χ2v) is 11.5. The predicted octanol–water partition coefficient (Wildman–Crippen LogP) is 2.46. The zero-order chi connectivity index (χ0) is 28.5. The molecule has 4 aliphatic rings. The van der Waals surface area contributed by atoms with E-state index in [-0.39, 0.29) is 41.6 Å². The minimum Gasteiger partial charge on any atom is -0.476 e. The quantitative estimate of drug-likeness (QED) is 0.325. The van der Waals surface area contributed by atoms with Gasteiger partial charge in [0.15, 0.2) is 17.7 Å². The Morgan fingerprint density at radius 3 is 2.73 bits per heavy atom. The normalized spacial score (nSPS) is 27.5. The van der Waals surface area contributed by atoms with Gasteiger partial charge < -0.3 is 35.5 Å². The number of aromatic carboxylic acids is 1. The molecule has 5 atom stereocenters. The van der Waals surface area contributed by atoms with Gasteiger partial charge in [-0.2, -0.15) is 0 Å². The summed E-state index contributed by atoms with van der Waals surface area (Å²) in [5.74, 6) is -1.25. The van der Waals surface area contributed by atoms with E-state index in [1.165, 1.54) is 0 Å². The monoisotopic (exact) mass is 557 g/mol. The van der Waals surface area contributed by atoms with Gasteiger partial charge in [0, 0.05) is 17.7 Å². The van der Waals surface area contributed by atoms with Crippen molar-refractivity contribution < 1.29 is 28.6 Å². The summed E-state index contributed by atoms with van der Waals surface area (Å²) in [7, 11) is 0. The first-order chi connectivity index (χ1) is 19.8. The summed E-state index contributed by atoms with van der Waals surface area (Å²) >= 11 is 0. The second kappa shape index (κ2) is 9.34. The van der Waals surface area contributed by atoms with Gasteiger partial charge in [-0.05, 0) is 48.6 Å². The largest absolute Gasteiger partial charge is 0.476 e. The van der Waals surface area contributed by atoms with Crippen LogP contribution in [0.25, 0.3) is 0 Å². The Morgan fingerprint density at radius 1 is 1.15 bits per heavy atom. The first kappa shape index (κ1) is 25.6. The van der Waals surface area contributed by atoms with Crippen LogP contribution in [0.1, 0.15) is 71.6 Å². The number of fused-ring (bicyclic) bond motifs is 4. The van der Waals surface area contributed by atoms with E-state index >= 15 is 0 Å². The predicted molar refractivity (Wildman–Crippen MR) is 147 cm³/mol. The van der Waals surface area contributed by atoms with Crippen molar-refractivity contribution >= 4 is 23.5 Å². The Morgan fingerprint density at radius 2 is 1.98 bits per heavy atom. The molecular formula is C30H31N5O6. The molecule has 41 heavy (non-hydrogen) atoms. The summed E-state index contributed by atoms with van der Waals surface area (Å²) in [5.41, 5.74) is 1.74. The summed E-state index contributed by atoms with van der Waals surface area (Å²) in [5, 5.41) is 22.9. The van der Waals surface area contributed by atoms with Crippen molar-refractivity contribution in [2.75, 3.05) is 11.9 Å². The van der Waals surface area contributed by atoms with Gasteiger partial charge in [0.2, 0.25) is 17.7 Å². The van der Waals surface area contributed by atoms with Crippen LogP contribution in [0.3, 0.4) is 0 Å². The van der Waals surface area contributed by atoms with Gasteiger partial charge in [0.05, 0.1) is 6.04 Å². The number of carbonyl (C=O) groups excluding carboxylic acids is 2. The van der Waals surface area contributed by atoms with Crippen LogP contribution < -0.4 is 26.0 Å². The van der Waals surface area contributed by atoms with Crippen molar-refractivity contribution in [3.63, 3.8) is 0 Å². The van der Waals surface area contributed by atoms with E-state index in [9.17, 15) is 19.5 Å². The second-order valence-electron chi connectivity index (χ2n) is 11.5. The van der Waals surface area contributed by atoms with Crippen LogP contribution >= 0.6 is 0 Å². The number of rotatable bonds is 4. The molecule has 5 N–H and O–H groups in total. The summed E-state index contributed by atoms with van der Waals surface area (Å²) in [6.45, 7) is 4.54. The molecule has 5 heterocycles. The maximum Gasteiger partial charge on any atom is 0.358 e. The fraction of sp³-hybridized carbons (Fsp3) is 0.400. The number of ether oxygens (including phenoxy) is 1. The summed E-state index contributed by atoms with van der Waals surface area (Å²) in [6, 6.07) is 11.3. The van der Waals surface area contributed by atoms with E-state index in [0.717, 1.165) is 29.8 Å². The van der Waals surface area contributed by atoms with Crippen molar-refractivity contribution in [1.29, 1.82) is 0 Å². The molecule has 4 aliphatic heterocycles. The van der Waals surface area contributed by atoms with Crippen LogP contribution in [0, 0.1) is 5.92 Å². The molecule has 1 spiro atoms. The van der Waals surface area contributed by atoms with E-state index < -0.39 is 35.6 Å². The first-order valence-corrected chi connectivity index (χ1v) is 14.0. The number of anilines is 1. The number of oxazole rings is 1. The number of para-hydroxylation sites is 1. The van der Waals surface area contributed by atoms with Crippen LogP contribution in [0.5, 0.6) is 5.75 Å². The van der Waals surface area contributed by atoms with Gasteiger partial charge in [-0.15, -0.1) is 0 Å². The van der Waals surface area contributed by atoms with Gasteiger partial charge in [0.25, 0.3) is 0 Å². The third kappa shape index (κ3) is 3.82. The van der Waals surface area contributed by atoms with Crippen molar-refractivity contribution in [3.05, 3.63) is 76.5 Å². The number of benzene rings is 2. The molecule has 3 unspecified atom stereocenters. The van der Waals surface area contributed by atoms with Gasteiger partial charge in [0.1, 0.15) is 23.2 Å². The van der Waals surface area contributed by atoms with Crippen molar-refractivity contribution in [1.82, 2.24) is 20.9 Å². The molecule has 11 nitrogen and oxygen atoms in total. The van der Waals surface area contributed by atoms with Gasteiger partial charge in [-0.25, -0.2) is 9.78 Å². The number of nitrogens with zero attached hydrogens (tertiary/aromatic N) is 1. The molecule has 1 saturated heterocycles. The average molecular weight is 558 g/mol. The fourth-order valence-electron chi connectivity index (χ4n) is 6.63. The lowest BCUT2D eigenvalue weighted by molar-refractivity contribution is -0.130. The number of nitrogens with one attached hydrogen (secondary N) is 4. The number of carbonyl (C=O) groups is 3. The van der Waals surface area contributed by atoms with E-state index in [2.05, 4.69) is 26.3 Å². The highest BCUT2D eigenvalue weighted by atomic mass is 16.5. The molecule has 2 aromatic carbocycles. The highest BCUT2D eigenvalue weighted by molar-refractivity contribution is 5.91. The Bertz CT molecular complexity index is 1580. The molecule has 0 aliphatic carbocycles. The molecule has 3 aromatic rings. The first-order valence-electron chi connectivity index (χ1n) is 14.0. The molecule has 1 fully saturated rings. The van der Waals surface area contributed by atoms with Crippen molar-refractivity contribution in [2.24, 2.45) is 5.92 Å². The third-order valence-corrected chi connectivity index (χ3v) is 8.63. The third-order valence-electron chi connectivity index (χ3n) is 8.63.